The molecule has 0 amide bonds. The maximum Gasteiger partial charge on any atom is 0.416 e. The van der Waals surface area contributed by atoms with E-state index in [-0.39, 0.29) is 5.56 Å². The smallest absolute Gasteiger partial charge is 0.416 e. The molecule has 0 aromatic heterocycles. The van der Waals surface area contributed by atoms with Crippen LogP contribution in [0.5, 0.6) is 0 Å². The van der Waals surface area contributed by atoms with Gasteiger partial charge < -0.3 is 10.5 Å². The van der Waals surface area contributed by atoms with Crippen molar-refractivity contribution >= 4 is 15.8 Å². The summed E-state index contributed by atoms with van der Waals surface area (Å²) in [5.41, 5.74) is 4.72. The van der Waals surface area contributed by atoms with Crippen molar-refractivity contribution in [3.63, 3.8) is 0 Å². The topological polar surface area (TPSA) is 86.5 Å². The third-order valence-electron chi connectivity index (χ3n) is 2.64. The standard InChI is InChI=1S/C12H14F3NO4S/c1-20-11(17)7-21(18,19)6-10(16)8-3-2-4-9(5-8)12(13,14)15/h2-5,10H,6-7,16H2,1H3. The number of benzene rings is 1. The minimum atomic E-state index is -4.54. The molecule has 1 rings (SSSR count). The molecule has 0 radical (unpaired) electrons. The van der Waals surface area contributed by atoms with Gasteiger partial charge in [0.2, 0.25) is 0 Å². The van der Waals surface area contributed by atoms with Crippen molar-refractivity contribution in [1.29, 1.82) is 0 Å². The van der Waals surface area contributed by atoms with Gasteiger partial charge in [-0.2, -0.15) is 13.2 Å². The summed E-state index contributed by atoms with van der Waals surface area (Å²) in [5.74, 6) is -2.47. The Bertz CT molecular complexity index is 613. The number of alkyl halides is 3. The van der Waals surface area contributed by atoms with E-state index in [0.717, 1.165) is 25.3 Å². The Hall–Kier alpha value is -1.61. The summed E-state index contributed by atoms with van der Waals surface area (Å²) in [7, 11) is -2.84. The first-order valence-corrected chi connectivity index (χ1v) is 7.57. The normalized spacial score (nSPS) is 13.8. The van der Waals surface area contributed by atoms with E-state index in [4.69, 9.17) is 5.73 Å². The van der Waals surface area contributed by atoms with Crippen LogP contribution in [0.3, 0.4) is 0 Å². The highest BCUT2D eigenvalue weighted by Gasteiger charge is 2.31. The van der Waals surface area contributed by atoms with Crippen molar-refractivity contribution in [3.8, 4) is 0 Å². The number of carbonyl (C=O) groups excluding carboxylic acids is 1. The van der Waals surface area contributed by atoms with Crippen LogP contribution in [0.25, 0.3) is 0 Å². The van der Waals surface area contributed by atoms with Crippen molar-refractivity contribution in [2.24, 2.45) is 5.73 Å². The number of hydrogen-bond acceptors (Lipinski definition) is 5. The molecule has 1 unspecified atom stereocenters. The molecular formula is C12H14F3NO4S. The van der Waals surface area contributed by atoms with Gasteiger partial charge in [-0.3, -0.25) is 4.79 Å². The number of halogens is 3. The average molecular weight is 325 g/mol. The Balaban J connectivity index is 2.90. The highest BCUT2D eigenvalue weighted by atomic mass is 32.2. The average Bonchev–Trinajstić information content (AvgIpc) is 2.36. The quantitative estimate of drug-likeness (QED) is 0.825. The van der Waals surface area contributed by atoms with Gasteiger partial charge in [0.15, 0.2) is 9.84 Å². The first-order valence-electron chi connectivity index (χ1n) is 5.75. The van der Waals surface area contributed by atoms with E-state index in [0.29, 0.717) is 0 Å². The van der Waals surface area contributed by atoms with Gasteiger partial charge in [-0.25, -0.2) is 8.42 Å². The Morgan fingerprint density at radius 3 is 2.52 bits per heavy atom. The second kappa shape index (κ2) is 6.44. The molecule has 9 heteroatoms. The maximum absolute atomic E-state index is 12.6. The zero-order chi connectivity index (χ0) is 16.3. The molecule has 0 saturated carbocycles. The molecule has 2 N–H and O–H groups in total. The van der Waals surface area contributed by atoms with Gasteiger partial charge in [-0.1, -0.05) is 12.1 Å². The molecule has 1 atom stereocenters. The first kappa shape index (κ1) is 17.4. The first-order chi connectivity index (χ1) is 9.55. The number of carbonyl (C=O) groups is 1. The van der Waals surface area contributed by atoms with E-state index < -0.39 is 45.1 Å². The van der Waals surface area contributed by atoms with E-state index in [1.54, 1.807) is 0 Å². The molecule has 0 aliphatic heterocycles. The van der Waals surface area contributed by atoms with Gasteiger partial charge in [0.1, 0.15) is 5.75 Å². The molecule has 0 aliphatic rings. The van der Waals surface area contributed by atoms with Gasteiger partial charge in [0.05, 0.1) is 18.4 Å². The third kappa shape index (κ3) is 5.35. The number of nitrogens with two attached hydrogens (primary N) is 1. The van der Waals surface area contributed by atoms with Crippen molar-refractivity contribution in [3.05, 3.63) is 35.4 Å². The number of ether oxygens (including phenoxy) is 1. The lowest BCUT2D eigenvalue weighted by molar-refractivity contribution is -0.138. The van der Waals surface area contributed by atoms with Gasteiger partial charge in [0.25, 0.3) is 0 Å². The van der Waals surface area contributed by atoms with E-state index in [1.807, 2.05) is 0 Å². The third-order valence-corrected chi connectivity index (χ3v) is 4.18. The number of esters is 1. The molecule has 1 aromatic rings. The van der Waals surface area contributed by atoms with Crippen LogP contribution in [-0.2, 0) is 25.5 Å². The molecular weight excluding hydrogens is 311 g/mol. The lowest BCUT2D eigenvalue weighted by Gasteiger charge is -2.14. The van der Waals surface area contributed by atoms with Crippen LogP contribution in [0, 0.1) is 0 Å². The molecule has 0 heterocycles. The zero-order valence-electron chi connectivity index (χ0n) is 11.1. The van der Waals surface area contributed by atoms with Gasteiger partial charge >= 0.3 is 12.1 Å². The summed E-state index contributed by atoms with van der Waals surface area (Å²) >= 11 is 0. The summed E-state index contributed by atoms with van der Waals surface area (Å²) in [4.78, 5) is 10.9. The van der Waals surface area contributed by atoms with E-state index in [9.17, 15) is 26.4 Å². The Kier molecular flexibility index (Phi) is 5.35. The van der Waals surface area contributed by atoms with Crippen molar-refractivity contribution in [2.75, 3.05) is 18.6 Å². The van der Waals surface area contributed by atoms with Crippen LogP contribution >= 0.6 is 0 Å². The summed E-state index contributed by atoms with van der Waals surface area (Å²) in [6, 6.07) is 2.93. The van der Waals surface area contributed by atoms with Crippen molar-refractivity contribution in [1.82, 2.24) is 0 Å². The number of hydrogen-bond donors (Lipinski definition) is 1. The molecule has 0 aliphatic carbocycles. The van der Waals surface area contributed by atoms with E-state index in [1.165, 1.54) is 6.07 Å². The second-order valence-electron chi connectivity index (χ2n) is 4.36. The molecule has 0 saturated heterocycles. The molecule has 0 spiro atoms. The van der Waals surface area contributed by atoms with Crippen LogP contribution in [0.15, 0.2) is 24.3 Å². The summed E-state index contributed by atoms with van der Waals surface area (Å²) in [6.45, 7) is 0. The van der Waals surface area contributed by atoms with E-state index >= 15 is 0 Å². The summed E-state index contributed by atoms with van der Waals surface area (Å²) < 4.78 is 65.3. The monoisotopic (exact) mass is 325 g/mol. The molecule has 118 valence electrons. The fraction of sp³-hybridized carbons (Fsp3) is 0.417. The summed E-state index contributed by atoms with van der Waals surface area (Å²) in [6.07, 6.45) is -4.54. The van der Waals surface area contributed by atoms with Crippen LogP contribution < -0.4 is 5.73 Å². The zero-order valence-corrected chi connectivity index (χ0v) is 11.9. The number of sulfone groups is 1. The minimum absolute atomic E-state index is 0.0262. The molecule has 1 aromatic carbocycles. The van der Waals surface area contributed by atoms with Crippen molar-refractivity contribution < 1.29 is 31.1 Å². The van der Waals surface area contributed by atoms with Crippen LogP contribution in [0.1, 0.15) is 17.2 Å². The number of methoxy groups -OCH3 is 1. The van der Waals surface area contributed by atoms with Gasteiger partial charge in [0, 0.05) is 6.04 Å². The lowest BCUT2D eigenvalue weighted by atomic mass is 10.1. The van der Waals surface area contributed by atoms with Gasteiger partial charge in [-0.15, -0.1) is 0 Å². The maximum atomic E-state index is 12.6. The van der Waals surface area contributed by atoms with Crippen LogP contribution in [0.2, 0.25) is 0 Å². The minimum Gasteiger partial charge on any atom is -0.468 e. The van der Waals surface area contributed by atoms with Crippen LogP contribution in [0.4, 0.5) is 13.2 Å². The van der Waals surface area contributed by atoms with E-state index in [2.05, 4.69) is 4.74 Å². The lowest BCUT2D eigenvalue weighted by Crippen LogP contribution is -2.27. The second-order valence-corrected chi connectivity index (χ2v) is 6.47. The van der Waals surface area contributed by atoms with Gasteiger partial charge in [-0.05, 0) is 17.7 Å². The predicted molar refractivity (Wildman–Crippen MR) is 69.0 cm³/mol. The van der Waals surface area contributed by atoms with Crippen LogP contribution in [-0.4, -0.2) is 33.0 Å². The SMILES string of the molecule is COC(=O)CS(=O)(=O)CC(N)c1cccc(C(F)(F)F)c1. The number of rotatable bonds is 5. The summed E-state index contributed by atoms with van der Waals surface area (Å²) in [5, 5.41) is 0. The fourth-order valence-electron chi connectivity index (χ4n) is 1.61. The van der Waals surface area contributed by atoms with Crippen molar-refractivity contribution in [2.45, 2.75) is 12.2 Å². The molecule has 5 nitrogen and oxygen atoms in total. The largest absolute Gasteiger partial charge is 0.468 e. The molecule has 0 fully saturated rings. The fourth-order valence-corrected chi connectivity index (χ4v) is 2.95. The Morgan fingerprint density at radius 1 is 1.38 bits per heavy atom. The molecule has 21 heavy (non-hydrogen) atoms. The highest BCUT2D eigenvalue weighted by molar-refractivity contribution is 7.92. The molecule has 0 bridgehead atoms. The Morgan fingerprint density at radius 2 is 2.00 bits per heavy atom. The Labute approximate surface area is 119 Å². The predicted octanol–water partition coefficient (Wildman–Crippen LogP) is 1.29. The highest BCUT2D eigenvalue weighted by Crippen LogP contribution is 2.30.